The summed E-state index contributed by atoms with van der Waals surface area (Å²) in [6.45, 7) is 10.6. The number of nitrogens with one attached hydrogen (secondary N) is 2. The fourth-order valence-electron chi connectivity index (χ4n) is 2.91. The quantitative estimate of drug-likeness (QED) is 0.212. The van der Waals surface area contributed by atoms with Crippen LogP contribution in [0.25, 0.3) is 0 Å². The summed E-state index contributed by atoms with van der Waals surface area (Å²) in [7, 11) is -2.04. The zero-order chi connectivity index (χ0) is 20.4. The molecule has 0 bridgehead atoms. The highest BCUT2D eigenvalue weighted by molar-refractivity contribution is 14.0. The summed E-state index contributed by atoms with van der Waals surface area (Å²) in [5.74, 6) is -0.387. The summed E-state index contributed by atoms with van der Waals surface area (Å²) < 4.78 is 38.2. The lowest BCUT2D eigenvalue weighted by Gasteiger charge is -2.30. The van der Waals surface area contributed by atoms with Gasteiger partial charge >= 0.3 is 0 Å². The van der Waals surface area contributed by atoms with Crippen molar-refractivity contribution >= 4 is 39.8 Å². The van der Waals surface area contributed by atoms with Crippen molar-refractivity contribution in [2.24, 2.45) is 4.99 Å². The zero-order valence-electron chi connectivity index (χ0n) is 17.4. The number of guanidine groups is 1. The van der Waals surface area contributed by atoms with E-state index in [1.807, 2.05) is 0 Å². The molecule has 0 unspecified atom stereocenters. The molecular weight excluding hydrogens is 494 g/mol. The van der Waals surface area contributed by atoms with E-state index in [1.54, 1.807) is 7.05 Å². The van der Waals surface area contributed by atoms with Crippen molar-refractivity contribution in [3.63, 3.8) is 0 Å². The second-order valence-electron chi connectivity index (χ2n) is 6.95. The van der Waals surface area contributed by atoms with E-state index in [1.165, 1.54) is 18.2 Å². The molecule has 0 fully saturated rings. The first-order valence-corrected chi connectivity index (χ1v) is 11.0. The number of halogens is 2. The van der Waals surface area contributed by atoms with E-state index in [0.29, 0.717) is 18.0 Å². The van der Waals surface area contributed by atoms with Gasteiger partial charge in [-0.25, -0.2) is 12.8 Å². The largest absolute Gasteiger partial charge is 0.356 e. The first-order chi connectivity index (χ1) is 12.7. The van der Waals surface area contributed by atoms with E-state index in [0.717, 1.165) is 25.6 Å². The maximum atomic E-state index is 13.7. The predicted molar refractivity (Wildman–Crippen MR) is 125 cm³/mol. The third-order valence-electron chi connectivity index (χ3n) is 4.27. The Balaban J connectivity index is 0.00000729. The lowest BCUT2D eigenvalue weighted by molar-refractivity contribution is 0.173. The summed E-state index contributed by atoms with van der Waals surface area (Å²) >= 11 is 0. The third-order valence-corrected chi connectivity index (χ3v) is 6.01. The van der Waals surface area contributed by atoms with Gasteiger partial charge in [-0.3, -0.25) is 9.89 Å². The molecule has 0 aliphatic carbocycles. The van der Waals surface area contributed by atoms with Gasteiger partial charge in [-0.1, -0.05) is 12.1 Å². The Bertz CT molecular complexity index is 704. The molecule has 162 valence electrons. The molecule has 6 nitrogen and oxygen atoms in total. The molecule has 1 aromatic carbocycles. The van der Waals surface area contributed by atoms with Gasteiger partial charge in [0.05, 0.1) is 5.75 Å². The highest BCUT2D eigenvalue weighted by Gasteiger charge is 2.18. The van der Waals surface area contributed by atoms with Crippen LogP contribution in [0, 0.1) is 5.82 Å². The average molecular weight is 528 g/mol. The van der Waals surface area contributed by atoms with Crippen molar-refractivity contribution in [3.8, 4) is 0 Å². The highest BCUT2D eigenvalue weighted by Crippen LogP contribution is 2.14. The zero-order valence-corrected chi connectivity index (χ0v) is 20.6. The van der Waals surface area contributed by atoms with Crippen molar-refractivity contribution in [1.82, 2.24) is 15.5 Å². The summed E-state index contributed by atoms with van der Waals surface area (Å²) in [6, 6.07) is 6.40. The molecule has 2 N–H and O–H groups in total. The summed E-state index contributed by atoms with van der Waals surface area (Å²) in [5, 5.41) is 6.16. The Hall–Kier alpha value is -0.940. The van der Waals surface area contributed by atoms with Crippen LogP contribution in [0.5, 0.6) is 0 Å². The van der Waals surface area contributed by atoms with Gasteiger partial charge in [0.1, 0.15) is 10.7 Å². The number of nitrogens with zero attached hydrogens (tertiary/aromatic N) is 2. The summed E-state index contributed by atoms with van der Waals surface area (Å²) in [5.41, 5.74) is 0. The van der Waals surface area contributed by atoms with Gasteiger partial charge in [0.2, 0.25) is 0 Å². The minimum Gasteiger partial charge on any atom is -0.356 e. The molecule has 0 aliphatic rings. The molecule has 0 amide bonds. The molecule has 9 heteroatoms. The first kappa shape index (κ1) is 27.1. The van der Waals surface area contributed by atoms with E-state index in [4.69, 9.17) is 0 Å². The van der Waals surface area contributed by atoms with Crippen LogP contribution in [0.1, 0.15) is 34.1 Å². The van der Waals surface area contributed by atoms with Crippen molar-refractivity contribution in [2.75, 3.05) is 32.4 Å². The maximum Gasteiger partial charge on any atom is 0.191 e. The monoisotopic (exact) mass is 528 g/mol. The first-order valence-electron chi connectivity index (χ1n) is 9.36. The molecule has 0 aliphatic heterocycles. The predicted octanol–water partition coefficient (Wildman–Crippen LogP) is 2.89. The minimum absolute atomic E-state index is 0. The molecule has 1 rings (SSSR count). The Morgan fingerprint density at radius 1 is 1.11 bits per heavy atom. The van der Waals surface area contributed by atoms with Gasteiger partial charge in [0.15, 0.2) is 15.8 Å². The maximum absolute atomic E-state index is 13.7. The van der Waals surface area contributed by atoms with Crippen LogP contribution in [-0.2, 0) is 9.84 Å². The van der Waals surface area contributed by atoms with Crippen molar-refractivity contribution < 1.29 is 12.8 Å². The molecule has 0 heterocycles. The van der Waals surface area contributed by atoms with Crippen LogP contribution in [0.15, 0.2) is 34.2 Å². The van der Waals surface area contributed by atoms with Crippen LogP contribution >= 0.6 is 24.0 Å². The second-order valence-corrected chi connectivity index (χ2v) is 9.03. The van der Waals surface area contributed by atoms with Crippen molar-refractivity contribution in [2.45, 2.75) is 51.1 Å². The molecular formula is C19H34FIN4O2S. The lowest BCUT2D eigenvalue weighted by atomic mass is 10.2. The van der Waals surface area contributed by atoms with Gasteiger partial charge in [-0.05, 0) is 46.2 Å². The van der Waals surface area contributed by atoms with E-state index in [2.05, 4.69) is 48.2 Å². The van der Waals surface area contributed by atoms with Crippen LogP contribution in [0.3, 0.4) is 0 Å². The summed E-state index contributed by atoms with van der Waals surface area (Å²) in [4.78, 5) is 6.25. The van der Waals surface area contributed by atoms with Crippen LogP contribution in [0.2, 0.25) is 0 Å². The Labute approximate surface area is 186 Å². The standard InChI is InChI=1S/C19H33FN4O2S.HI/c1-15(2)24(16(3)4)13-8-11-22-19(21-5)23-12-14-27(25,26)18-10-7-6-9-17(18)20;/h6-7,9-10,15-16H,8,11-14H2,1-5H3,(H2,21,22,23);1H. The summed E-state index contributed by atoms with van der Waals surface area (Å²) in [6.07, 6.45) is 0.949. The van der Waals surface area contributed by atoms with E-state index in [9.17, 15) is 12.8 Å². The van der Waals surface area contributed by atoms with Crippen molar-refractivity contribution in [1.29, 1.82) is 0 Å². The van der Waals surface area contributed by atoms with Crippen LogP contribution < -0.4 is 10.6 Å². The minimum atomic E-state index is -3.68. The smallest absolute Gasteiger partial charge is 0.191 e. The van der Waals surface area contributed by atoms with E-state index in [-0.39, 0.29) is 41.2 Å². The molecule has 0 atom stereocenters. The van der Waals surface area contributed by atoms with Gasteiger partial charge in [0.25, 0.3) is 0 Å². The molecule has 1 aromatic rings. The third kappa shape index (κ3) is 9.04. The number of rotatable bonds is 10. The number of hydrogen-bond donors (Lipinski definition) is 2. The fourth-order valence-corrected chi connectivity index (χ4v) is 4.15. The van der Waals surface area contributed by atoms with Crippen molar-refractivity contribution in [3.05, 3.63) is 30.1 Å². The Morgan fingerprint density at radius 3 is 2.21 bits per heavy atom. The average Bonchev–Trinajstić information content (AvgIpc) is 2.59. The van der Waals surface area contributed by atoms with Crippen LogP contribution in [0.4, 0.5) is 4.39 Å². The lowest BCUT2D eigenvalue weighted by Crippen LogP contribution is -2.42. The van der Waals surface area contributed by atoms with E-state index >= 15 is 0 Å². The second kappa shape index (κ2) is 13.3. The van der Waals surface area contributed by atoms with Gasteiger partial charge in [0, 0.05) is 38.8 Å². The highest BCUT2D eigenvalue weighted by atomic mass is 127. The molecule has 0 aromatic heterocycles. The number of hydrogen-bond acceptors (Lipinski definition) is 4. The van der Waals surface area contributed by atoms with Gasteiger partial charge < -0.3 is 10.6 Å². The molecule has 0 radical (unpaired) electrons. The van der Waals surface area contributed by atoms with Crippen LogP contribution in [-0.4, -0.2) is 63.8 Å². The molecule has 0 spiro atoms. The Kier molecular flexibility index (Phi) is 12.9. The van der Waals surface area contributed by atoms with E-state index < -0.39 is 15.7 Å². The molecule has 0 saturated carbocycles. The topological polar surface area (TPSA) is 73.8 Å². The Morgan fingerprint density at radius 2 is 1.68 bits per heavy atom. The normalized spacial score (nSPS) is 12.4. The number of sulfone groups is 1. The van der Waals surface area contributed by atoms with Gasteiger partial charge in [-0.15, -0.1) is 24.0 Å². The van der Waals surface area contributed by atoms with Gasteiger partial charge in [-0.2, -0.15) is 0 Å². The SMILES string of the molecule is CN=C(NCCCN(C(C)C)C(C)C)NCCS(=O)(=O)c1ccccc1F.I. The molecule has 28 heavy (non-hydrogen) atoms. The number of benzene rings is 1. The number of aliphatic imine (C=N–C) groups is 1. The molecule has 0 saturated heterocycles. The fraction of sp³-hybridized carbons (Fsp3) is 0.632.